The van der Waals surface area contributed by atoms with E-state index < -0.39 is 10.0 Å². The van der Waals surface area contributed by atoms with Crippen molar-refractivity contribution in [2.24, 2.45) is 5.92 Å². The zero-order valence-electron chi connectivity index (χ0n) is 27.9. The Balaban J connectivity index is -0.000000818. The summed E-state index contributed by atoms with van der Waals surface area (Å²) in [4.78, 5) is 30.5. The largest absolute Gasteiger partial charge is 0.506 e. The van der Waals surface area contributed by atoms with E-state index in [9.17, 15) is 18.3 Å². The molecule has 1 amide bonds. The summed E-state index contributed by atoms with van der Waals surface area (Å²) in [6, 6.07) is 10.4. The topological polar surface area (TPSA) is 293 Å². The number of phenolic OH excluding ortho intramolecular Hbond substituents is 1. The molecule has 278 valence electrons. The third-order valence-electron chi connectivity index (χ3n) is 7.43. The van der Waals surface area contributed by atoms with Crippen LogP contribution in [0.3, 0.4) is 0 Å². The van der Waals surface area contributed by atoms with Gasteiger partial charge in [0.2, 0.25) is 23.8 Å². The van der Waals surface area contributed by atoms with Gasteiger partial charge in [-0.15, -0.1) is 12.4 Å². The lowest BCUT2D eigenvalue weighted by molar-refractivity contribution is -0.116. The quantitative estimate of drug-likeness (QED) is 0.0965. The molecule has 18 heteroatoms. The van der Waals surface area contributed by atoms with Crippen LogP contribution in [0, 0.1) is 5.92 Å². The summed E-state index contributed by atoms with van der Waals surface area (Å²) in [6.45, 7) is 7.48. The van der Waals surface area contributed by atoms with E-state index >= 15 is 0 Å². The van der Waals surface area contributed by atoms with Crippen molar-refractivity contribution in [2.45, 2.75) is 63.7 Å². The van der Waals surface area contributed by atoms with Gasteiger partial charge in [0.25, 0.3) is 10.0 Å². The summed E-state index contributed by atoms with van der Waals surface area (Å²) in [5, 5.41) is 16.7. The van der Waals surface area contributed by atoms with E-state index in [1.165, 1.54) is 49.2 Å². The van der Waals surface area contributed by atoms with Crippen molar-refractivity contribution in [3.05, 3.63) is 42.5 Å². The molecule has 3 aromatic rings. The summed E-state index contributed by atoms with van der Waals surface area (Å²) in [7, 11) is -4.00. The summed E-state index contributed by atoms with van der Waals surface area (Å²) >= 11 is 0. The fourth-order valence-electron chi connectivity index (χ4n) is 5.21. The highest BCUT2D eigenvalue weighted by molar-refractivity contribution is 7.92. The van der Waals surface area contributed by atoms with E-state index in [-0.39, 0.29) is 70.9 Å². The number of nitrogens with one attached hydrogen (secondary N) is 3. The minimum Gasteiger partial charge on any atom is -0.506 e. The number of aromatic hydroxyl groups is 1. The fourth-order valence-corrected chi connectivity index (χ4v) is 6.28. The van der Waals surface area contributed by atoms with Crippen molar-refractivity contribution in [3.63, 3.8) is 0 Å². The maximum Gasteiger partial charge on any atom is 0.262 e. The minimum atomic E-state index is -4.00. The van der Waals surface area contributed by atoms with E-state index in [4.69, 9.17) is 4.98 Å². The number of nitrogens with zero attached hydrogens (tertiary/aromatic N) is 5. The summed E-state index contributed by atoms with van der Waals surface area (Å²) in [5.74, 6) is 1.46. The molecular weight excluding hydrogens is 660 g/mol. The van der Waals surface area contributed by atoms with Gasteiger partial charge in [0.15, 0.2) is 0 Å². The second kappa shape index (κ2) is 19.7. The van der Waals surface area contributed by atoms with Crippen molar-refractivity contribution in [1.82, 2.24) is 39.6 Å². The van der Waals surface area contributed by atoms with Crippen LogP contribution in [0.4, 0.5) is 34.9 Å². The Morgan fingerprint density at radius 2 is 1.31 bits per heavy atom. The monoisotopic (exact) mass is 720 g/mol. The molecule has 5 rings (SSSR count). The first-order valence-corrected chi connectivity index (χ1v) is 16.4. The Morgan fingerprint density at radius 3 is 1.79 bits per heavy atom. The number of sulfonamides is 1. The van der Waals surface area contributed by atoms with Crippen LogP contribution in [0.15, 0.2) is 47.4 Å². The summed E-state index contributed by atoms with van der Waals surface area (Å²) < 4.78 is 28.5. The van der Waals surface area contributed by atoms with E-state index in [0.29, 0.717) is 35.6 Å². The van der Waals surface area contributed by atoms with Crippen LogP contribution in [-0.2, 0) is 14.8 Å². The van der Waals surface area contributed by atoms with Crippen molar-refractivity contribution in [2.75, 3.05) is 51.3 Å². The maximum atomic E-state index is 13.0. The molecule has 2 aliphatic rings. The number of hydrogen-bond donors (Lipinski definition) is 8. The van der Waals surface area contributed by atoms with Gasteiger partial charge < -0.3 is 50.1 Å². The van der Waals surface area contributed by atoms with E-state index in [2.05, 4.69) is 35.1 Å². The van der Waals surface area contributed by atoms with Crippen molar-refractivity contribution >= 4 is 63.2 Å². The van der Waals surface area contributed by atoms with Gasteiger partial charge in [0.1, 0.15) is 5.75 Å². The Labute approximate surface area is 295 Å². The molecule has 16 N–H and O–H groups in total. The van der Waals surface area contributed by atoms with Crippen molar-refractivity contribution < 1.29 is 24.0 Å². The smallest absolute Gasteiger partial charge is 0.262 e. The first kappa shape index (κ1) is 44.0. The normalized spacial score (nSPS) is 14.1. The molecule has 0 bridgehead atoms. The van der Waals surface area contributed by atoms with Crippen molar-refractivity contribution in [1.29, 1.82) is 0 Å². The molecule has 0 aliphatic carbocycles. The zero-order chi connectivity index (χ0) is 30.4. The molecule has 2 fully saturated rings. The predicted molar refractivity (Wildman–Crippen MR) is 204 cm³/mol. The SMILES string of the molecule is CC(C)CC(=O)Nc1ccc(S(=O)(=O)Nc2ccc(Nc3nc(N4CCCCC4)nc(N4CCCCC4)n3)cc2O)cc1.Cl.N.N.N.N.[HH].[HH].[HH].[HH]. The summed E-state index contributed by atoms with van der Waals surface area (Å²) in [6.07, 6.45) is 7.15. The number of phenols is 1. The number of benzene rings is 2. The first-order chi connectivity index (χ1) is 20.7. The molecule has 3 heterocycles. The molecule has 0 unspecified atom stereocenters. The van der Waals surface area contributed by atoms with Crippen LogP contribution in [0.25, 0.3) is 0 Å². The molecule has 16 nitrogen and oxygen atoms in total. The number of aromatic nitrogens is 3. The van der Waals surface area contributed by atoms with Gasteiger partial charge >= 0.3 is 0 Å². The fraction of sp³-hybridized carbons (Fsp3) is 0.467. The van der Waals surface area contributed by atoms with Gasteiger partial charge in [-0.2, -0.15) is 15.0 Å². The highest BCUT2D eigenvalue weighted by atomic mass is 35.5. The first-order valence-electron chi connectivity index (χ1n) is 14.9. The van der Waals surface area contributed by atoms with E-state index in [1.54, 1.807) is 6.07 Å². The number of rotatable bonds is 10. The maximum absolute atomic E-state index is 13.0. The average molecular weight is 721 g/mol. The number of amides is 1. The molecule has 2 aliphatic heterocycles. The third-order valence-corrected chi connectivity index (χ3v) is 8.81. The lowest BCUT2D eigenvalue weighted by atomic mass is 10.1. The second-order valence-corrected chi connectivity index (χ2v) is 13.2. The lowest BCUT2D eigenvalue weighted by Gasteiger charge is -2.30. The zero-order valence-corrected chi connectivity index (χ0v) is 29.6. The van der Waals surface area contributed by atoms with Gasteiger partial charge in [-0.1, -0.05) is 13.8 Å². The number of hydrogen-bond acceptors (Lipinski definition) is 14. The second-order valence-electron chi connectivity index (χ2n) is 11.5. The molecule has 2 aromatic carbocycles. The average Bonchev–Trinajstić information content (AvgIpc) is 2.99. The van der Waals surface area contributed by atoms with Crippen LogP contribution >= 0.6 is 12.4 Å². The predicted octanol–water partition coefficient (Wildman–Crippen LogP) is 7.14. The Bertz CT molecular complexity index is 1520. The minimum absolute atomic E-state index is 0. The standard InChI is InChI=1S/C30H40N8O4S.ClH.4H3N.4H2/c1-21(2)19-27(40)31-22-9-12-24(13-10-22)43(41,42)36-25-14-11-23(20-26(25)39)32-28-33-29(37-15-5-3-6-16-37)35-30(34-28)38-17-7-4-8-18-38;;;;;;;;;/h9-14,20-21,36,39H,3-8,15-19H2,1-2H3,(H,31,40)(H,32,33,34,35);1H;4*1H3;4*1H. The Kier molecular flexibility index (Phi) is 18.1. The molecular formula is C30H61ClN12O4S. The highest BCUT2D eigenvalue weighted by Gasteiger charge is 2.21. The van der Waals surface area contributed by atoms with Crippen LogP contribution in [0.5, 0.6) is 5.75 Å². The summed E-state index contributed by atoms with van der Waals surface area (Å²) in [5.41, 5.74) is 1.04. The molecule has 1 aromatic heterocycles. The molecule has 0 radical (unpaired) electrons. The number of halogens is 1. The van der Waals surface area contributed by atoms with E-state index in [1.807, 2.05) is 13.8 Å². The van der Waals surface area contributed by atoms with Gasteiger partial charge in [-0.25, -0.2) is 8.42 Å². The van der Waals surface area contributed by atoms with Crippen molar-refractivity contribution in [3.8, 4) is 5.75 Å². The van der Waals surface area contributed by atoms with Gasteiger partial charge in [0, 0.05) is 55.7 Å². The van der Waals surface area contributed by atoms with Gasteiger partial charge in [-0.3, -0.25) is 9.52 Å². The molecule has 2 saturated heterocycles. The molecule has 0 atom stereocenters. The number of anilines is 6. The van der Waals surface area contributed by atoms with Crippen LogP contribution < -0.4 is 49.8 Å². The Hall–Kier alpha value is -4.00. The van der Waals surface area contributed by atoms with Gasteiger partial charge in [-0.05, 0) is 80.8 Å². The van der Waals surface area contributed by atoms with E-state index in [0.717, 1.165) is 51.9 Å². The van der Waals surface area contributed by atoms with Gasteiger partial charge in [0.05, 0.1) is 10.6 Å². The molecule has 0 spiro atoms. The number of carbonyl (C=O) groups is 1. The number of carbonyl (C=O) groups excluding carboxylic acids is 1. The highest BCUT2D eigenvalue weighted by Crippen LogP contribution is 2.31. The van der Waals surface area contributed by atoms with Crippen LogP contribution in [-0.4, -0.2) is 60.6 Å². The lowest BCUT2D eigenvalue weighted by Crippen LogP contribution is -2.34. The third kappa shape index (κ3) is 11.6. The molecule has 0 saturated carbocycles. The van der Waals surface area contributed by atoms with Crippen LogP contribution in [0.1, 0.15) is 64.5 Å². The molecule has 48 heavy (non-hydrogen) atoms. The Morgan fingerprint density at radius 1 is 0.812 bits per heavy atom. The van der Waals surface area contributed by atoms with Crippen LogP contribution in [0.2, 0.25) is 0 Å². The number of piperidine rings is 2.